The van der Waals surface area contributed by atoms with Gasteiger partial charge in [-0.15, -0.1) is 0 Å². The fraction of sp³-hybridized carbons (Fsp3) is 0.588. The lowest BCUT2D eigenvalue weighted by molar-refractivity contribution is -0.122. The molecule has 4 nitrogen and oxygen atoms in total. The minimum Gasteiger partial charge on any atom is -0.395 e. The van der Waals surface area contributed by atoms with Crippen molar-refractivity contribution in [3.05, 3.63) is 35.9 Å². The summed E-state index contributed by atoms with van der Waals surface area (Å²) in [5.74, 6) is 0.0927. The van der Waals surface area contributed by atoms with Crippen LogP contribution in [0.3, 0.4) is 0 Å². The van der Waals surface area contributed by atoms with Crippen molar-refractivity contribution in [2.75, 3.05) is 13.2 Å². The normalized spacial score (nSPS) is 25.0. The van der Waals surface area contributed by atoms with Crippen LogP contribution in [-0.2, 0) is 11.2 Å². The molecule has 0 aromatic heterocycles. The highest BCUT2D eigenvalue weighted by Crippen LogP contribution is 2.26. The van der Waals surface area contributed by atoms with Crippen LogP contribution < -0.4 is 10.6 Å². The molecule has 116 valence electrons. The number of aryl methyl sites for hydroxylation is 1. The van der Waals surface area contributed by atoms with Gasteiger partial charge in [-0.3, -0.25) is 4.79 Å². The first-order valence-electron chi connectivity index (χ1n) is 7.86. The van der Waals surface area contributed by atoms with E-state index in [1.807, 2.05) is 13.0 Å². The molecule has 0 bridgehead atoms. The Morgan fingerprint density at radius 2 is 2.19 bits per heavy atom. The molecule has 4 heteroatoms. The van der Waals surface area contributed by atoms with Crippen LogP contribution in [0.5, 0.6) is 0 Å². The molecule has 1 aliphatic heterocycles. The highest BCUT2D eigenvalue weighted by Gasteiger charge is 2.39. The van der Waals surface area contributed by atoms with E-state index in [2.05, 4.69) is 34.9 Å². The van der Waals surface area contributed by atoms with E-state index in [1.54, 1.807) is 0 Å². The smallest absolute Gasteiger partial charge is 0.220 e. The zero-order valence-electron chi connectivity index (χ0n) is 12.8. The Labute approximate surface area is 126 Å². The summed E-state index contributed by atoms with van der Waals surface area (Å²) in [6, 6.07) is 10.5. The average molecular weight is 290 g/mol. The molecular formula is C17H26N2O2. The third-order valence-corrected chi connectivity index (χ3v) is 4.28. The van der Waals surface area contributed by atoms with Crippen LogP contribution in [0.4, 0.5) is 0 Å². The SMILES string of the molecule is CCC(=O)N[C@@]1(CCCc2ccccc2)CN[C@@H](CO)C1. The van der Waals surface area contributed by atoms with Crippen LogP contribution in [0, 0.1) is 0 Å². The summed E-state index contributed by atoms with van der Waals surface area (Å²) in [6.07, 6.45) is 4.31. The van der Waals surface area contributed by atoms with Crippen molar-refractivity contribution in [3.63, 3.8) is 0 Å². The Morgan fingerprint density at radius 3 is 2.81 bits per heavy atom. The maximum absolute atomic E-state index is 11.8. The van der Waals surface area contributed by atoms with Gasteiger partial charge in [-0.05, 0) is 31.2 Å². The van der Waals surface area contributed by atoms with Crippen LogP contribution in [0.15, 0.2) is 30.3 Å². The number of nitrogens with one attached hydrogen (secondary N) is 2. The molecule has 1 fully saturated rings. The quantitative estimate of drug-likeness (QED) is 0.715. The summed E-state index contributed by atoms with van der Waals surface area (Å²) in [5, 5.41) is 15.8. The van der Waals surface area contributed by atoms with Crippen LogP contribution in [-0.4, -0.2) is 35.7 Å². The number of aliphatic hydroxyl groups is 1. The third kappa shape index (κ3) is 4.55. The first-order valence-corrected chi connectivity index (χ1v) is 7.86. The van der Waals surface area contributed by atoms with Gasteiger partial charge in [0.05, 0.1) is 12.1 Å². The molecular weight excluding hydrogens is 264 g/mol. The predicted molar refractivity (Wildman–Crippen MR) is 84.0 cm³/mol. The largest absolute Gasteiger partial charge is 0.395 e. The Morgan fingerprint density at radius 1 is 1.43 bits per heavy atom. The van der Waals surface area contributed by atoms with Gasteiger partial charge >= 0.3 is 0 Å². The maximum Gasteiger partial charge on any atom is 0.220 e. The summed E-state index contributed by atoms with van der Waals surface area (Å²) in [7, 11) is 0. The fourth-order valence-electron chi connectivity index (χ4n) is 3.09. The molecule has 2 rings (SSSR count). The molecule has 0 aliphatic carbocycles. The Hall–Kier alpha value is -1.39. The Bertz CT molecular complexity index is 449. The monoisotopic (exact) mass is 290 g/mol. The van der Waals surface area contributed by atoms with Crippen molar-refractivity contribution in [2.24, 2.45) is 0 Å². The topological polar surface area (TPSA) is 61.4 Å². The molecule has 1 aliphatic rings. The number of hydrogen-bond donors (Lipinski definition) is 3. The van der Waals surface area contributed by atoms with E-state index in [1.165, 1.54) is 5.56 Å². The molecule has 0 radical (unpaired) electrons. The minimum atomic E-state index is -0.199. The predicted octanol–water partition coefficient (Wildman–Crippen LogP) is 1.63. The zero-order chi connectivity index (χ0) is 15.1. The van der Waals surface area contributed by atoms with Gasteiger partial charge in [0.25, 0.3) is 0 Å². The first-order chi connectivity index (χ1) is 10.2. The van der Waals surface area contributed by atoms with E-state index in [4.69, 9.17) is 0 Å². The lowest BCUT2D eigenvalue weighted by atomic mass is 9.88. The van der Waals surface area contributed by atoms with Crippen molar-refractivity contribution >= 4 is 5.91 Å². The number of amides is 1. The molecule has 1 aromatic rings. The van der Waals surface area contributed by atoms with Crippen molar-refractivity contribution in [2.45, 2.75) is 50.6 Å². The van der Waals surface area contributed by atoms with E-state index in [-0.39, 0.29) is 24.1 Å². The number of carbonyl (C=O) groups excluding carboxylic acids is 1. The molecule has 0 unspecified atom stereocenters. The van der Waals surface area contributed by atoms with Crippen molar-refractivity contribution < 1.29 is 9.90 Å². The van der Waals surface area contributed by atoms with E-state index in [0.29, 0.717) is 6.42 Å². The summed E-state index contributed by atoms with van der Waals surface area (Å²) in [4.78, 5) is 11.8. The summed E-state index contributed by atoms with van der Waals surface area (Å²) in [5.41, 5.74) is 1.13. The van der Waals surface area contributed by atoms with Gasteiger partial charge in [-0.1, -0.05) is 37.3 Å². The summed E-state index contributed by atoms with van der Waals surface area (Å²) < 4.78 is 0. The molecule has 1 aromatic carbocycles. The second-order valence-corrected chi connectivity index (χ2v) is 5.99. The fourth-order valence-corrected chi connectivity index (χ4v) is 3.09. The molecule has 1 heterocycles. The highest BCUT2D eigenvalue weighted by molar-refractivity contribution is 5.76. The number of rotatable bonds is 7. The van der Waals surface area contributed by atoms with Crippen LogP contribution in [0.2, 0.25) is 0 Å². The molecule has 21 heavy (non-hydrogen) atoms. The zero-order valence-corrected chi connectivity index (χ0v) is 12.8. The van der Waals surface area contributed by atoms with Gasteiger partial charge in [-0.2, -0.15) is 0 Å². The summed E-state index contributed by atoms with van der Waals surface area (Å²) in [6.45, 7) is 2.75. The summed E-state index contributed by atoms with van der Waals surface area (Å²) >= 11 is 0. The van der Waals surface area contributed by atoms with Gasteiger partial charge < -0.3 is 15.7 Å². The lowest BCUT2D eigenvalue weighted by Gasteiger charge is -2.30. The minimum absolute atomic E-state index is 0.0927. The van der Waals surface area contributed by atoms with Crippen molar-refractivity contribution in [1.29, 1.82) is 0 Å². The van der Waals surface area contributed by atoms with Gasteiger partial charge in [0.15, 0.2) is 0 Å². The number of carbonyl (C=O) groups is 1. The van der Waals surface area contributed by atoms with E-state index in [9.17, 15) is 9.90 Å². The molecule has 1 saturated heterocycles. The lowest BCUT2D eigenvalue weighted by Crippen LogP contribution is -2.50. The number of hydrogen-bond acceptors (Lipinski definition) is 3. The molecule has 3 N–H and O–H groups in total. The standard InChI is InChI=1S/C17H26N2O2/c1-2-16(21)19-17(11-15(12-20)18-13-17)10-6-9-14-7-4-3-5-8-14/h3-5,7-8,15,18,20H,2,6,9-13H2,1H3,(H,19,21)/t15-,17-/m1/s1. The van der Waals surface area contributed by atoms with Crippen molar-refractivity contribution in [1.82, 2.24) is 10.6 Å². The first kappa shape index (κ1) is 16.0. The van der Waals surface area contributed by atoms with E-state index < -0.39 is 0 Å². The maximum atomic E-state index is 11.8. The van der Waals surface area contributed by atoms with Gasteiger partial charge in [-0.25, -0.2) is 0 Å². The average Bonchev–Trinajstić information content (AvgIpc) is 2.91. The van der Waals surface area contributed by atoms with E-state index >= 15 is 0 Å². The number of benzene rings is 1. The molecule has 2 atom stereocenters. The van der Waals surface area contributed by atoms with Gasteiger partial charge in [0.1, 0.15) is 0 Å². The Balaban J connectivity index is 1.92. The van der Waals surface area contributed by atoms with Gasteiger partial charge in [0, 0.05) is 19.0 Å². The van der Waals surface area contributed by atoms with Crippen LogP contribution in [0.25, 0.3) is 0 Å². The molecule has 0 saturated carbocycles. The number of aliphatic hydroxyl groups excluding tert-OH is 1. The Kier molecular flexibility index (Phi) is 5.76. The second-order valence-electron chi connectivity index (χ2n) is 5.99. The van der Waals surface area contributed by atoms with Gasteiger partial charge in [0.2, 0.25) is 5.91 Å². The second kappa shape index (κ2) is 7.57. The molecule has 1 amide bonds. The highest BCUT2D eigenvalue weighted by atomic mass is 16.3. The molecule has 0 spiro atoms. The van der Waals surface area contributed by atoms with Crippen molar-refractivity contribution in [3.8, 4) is 0 Å². The van der Waals surface area contributed by atoms with Crippen LogP contribution in [0.1, 0.15) is 38.2 Å². The van der Waals surface area contributed by atoms with Crippen LogP contribution >= 0.6 is 0 Å². The van der Waals surface area contributed by atoms with E-state index in [0.717, 1.165) is 32.2 Å². The third-order valence-electron chi connectivity index (χ3n) is 4.28.